The van der Waals surface area contributed by atoms with Crippen LogP contribution >= 0.6 is 15.9 Å². The zero-order valence-electron chi connectivity index (χ0n) is 11.4. The molecule has 0 aromatic rings. The summed E-state index contributed by atoms with van der Waals surface area (Å²) in [6, 6.07) is 0. The molecule has 1 aliphatic carbocycles. The third kappa shape index (κ3) is 3.61. The zero-order chi connectivity index (χ0) is 12.3. The highest BCUT2D eigenvalue weighted by Crippen LogP contribution is 2.46. The van der Waals surface area contributed by atoms with E-state index in [1.165, 1.54) is 31.3 Å². The average Bonchev–Trinajstić information content (AvgIpc) is 2.16. The lowest BCUT2D eigenvalue weighted by molar-refractivity contribution is 0.146. The summed E-state index contributed by atoms with van der Waals surface area (Å²) < 4.78 is 0. The number of alkyl halides is 1. The predicted octanol–water partition coefficient (Wildman–Crippen LogP) is 5.57. The molecule has 3 unspecified atom stereocenters. The maximum atomic E-state index is 4.18. The first-order valence-corrected chi connectivity index (χ1v) is 7.59. The molecule has 0 spiro atoms. The second-order valence-electron chi connectivity index (χ2n) is 6.31. The lowest BCUT2D eigenvalue weighted by Gasteiger charge is -2.42. The SMILES string of the molecule is C=C(CC)CC(C)(C)C1CCC(C)CC1Br. The lowest BCUT2D eigenvalue weighted by Crippen LogP contribution is -2.35. The summed E-state index contributed by atoms with van der Waals surface area (Å²) in [5.41, 5.74) is 1.81. The van der Waals surface area contributed by atoms with E-state index < -0.39 is 0 Å². The van der Waals surface area contributed by atoms with Gasteiger partial charge < -0.3 is 0 Å². The predicted molar refractivity (Wildman–Crippen MR) is 77.0 cm³/mol. The van der Waals surface area contributed by atoms with E-state index in [0.29, 0.717) is 10.2 Å². The molecule has 0 aromatic heterocycles. The molecule has 1 aliphatic rings. The van der Waals surface area contributed by atoms with Gasteiger partial charge in [0, 0.05) is 4.83 Å². The van der Waals surface area contributed by atoms with Gasteiger partial charge in [-0.25, -0.2) is 0 Å². The Labute approximate surface area is 110 Å². The molecule has 1 saturated carbocycles. The van der Waals surface area contributed by atoms with Crippen LogP contribution in [0.1, 0.15) is 59.8 Å². The van der Waals surface area contributed by atoms with Crippen molar-refractivity contribution in [2.45, 2.75) is 64.6 Å². The van der Waals surface area contributed by atoms with Crippen LogP contribution in [-0.4, -0.2) is 4.83 Å². The van der Waals surface area contributed by atoms with Gasteiger partial charge in [0.05, 0.1) is 0 Å². The summed E-state index contributed by atoms with van der Waals surface area (Å²) in [7, 11) is 0. The fraction of sp³-hybridized carbons (Fsp3) is 0.867. The van der Waals surface area contributed by atoms with Crippen LogP contribution in [0.2, 0.25) is 0 Å². The first-order chi connectivity index (χ1) is 7.36. The summed E-state index contributed by atoms with van der Waals surface area (Å²) >= 11 is 3.91. The smallest absolute Gasteiger partial charge is 0.0181 e. The average molecular weight is 287 g/mol. The summed E-state index contributed by atoms with van der Waals surface area (Å²) in [5, 5.41) is 0. The van der Waals surface area contributed by atoms with E-state index in [4.69, 9.17) is 0 Å². The monoisotopic (exact) mass is 286 g/mol. The van der Waals surface area contributed by atoms with E-state index in [-0.39, 0.29) is 0 Å². The van der Waals surface area contributed by atoms with E-state index in [1.54, 1.807) is 0 Å². The van der Waals surface area contributed by atoms with Crippen molar-refractivity contribution in [3.63, 3.8) is 0 Å². The van der Waals surface area contributed by atoms with Gasteiger partial charge in [0.2, 0.25) is 0 Å². The number of allylic oxidation sites excluding steroid dienone is 1. The fourth-order valence-electron chi connectivity index (χ4n) is 3.09. The first-order valence-electron chi connectivity index (χ1n) is 6.67. The molecular formula is C15H27Br. The lowest BCUT2D eigenvalue weighted by atomic mass is 9.66. The van der Waals surface area contributed by atoms with Crippen LogP contribution < -0.4 is 0 Å². The minimum Gasteiger partial charge on any atom is -0.0999 e. The van der Waals surface area contributed by atoms with Crippen LogP contribution in [0.3, 0.4) is 0 Å². The third-order valence-corrected chi connectivity index (χ3v) is 5.26. The van der Waals surface area contributed by atoms with E-state index in [2.05, 4.69) is 50.2 Å². The molecule has 16 heavy (non-hydrogen) atoms. The number of halogens is 1. The van der Waals surface area contributed by atoms with Crippen molar-refractivity contribution in [1.82, 2.24) is 0 Å². The molecule has 1 rings (SSSR count). The Kier molecular flexibility index (Phi) is 5.10. The second-order valence-corrected chi connectivity index (χ2v) is 7.49. The van der Waals surface area contributed by atoms with Crippen LogP contribution in [0.25, 0.3) is 0 Å². The Morgan fingerprint density at radius 2 is 2.00 bits per heavy atom. The molecule has 0 saturated heterocycles. The maximum Gasteiger partial charge on any atom is 0.0181 e. The van der Waals surface area contributed by atoms with E-state index in [9.17, 15) is 0 Å². The van der Waals surface area contributed by atoms with Gasteiger partial charge in [-0.2, -0.15) is 0 Å². The second kappa shape index (κ2) is 5.71. The largest absolute Gasteiger partial charge is 0.0999 e. The number of hydrogen-bond donors (Lipinski definition) is 0. The van der Waals surface area contributed by atoms with Gasteiger partial charge in [-0.3, -0.25) is 0 Å². The van der Waals surface area contributed by atoms with Gasteiger partial charge in [0.1, 0.15) is 0 Å². The Hall–Kier alpha value is 0.220. The van der Waals surface area contributed by atoms with Crippen molar-refractivity contribution in [3.05, 3.63) is 12.2 Å². The molecule has 0 bridgehead atoms. The quantitative estimate of drug-likeness (QED) is 0.468. The van der Waals surface area contributed by atoms with Crippen LogP contribution in [0.4, 0.5) is 0 Å². The van der Waals surface area contributed by atoms with Crippen molar-refractivity contribution >= 4 is 15.9 Å². The molecule has 94 valence electrons. The standard InChI is InChI=1S/C15H27Br/c1-6-11(2)10-15(4,5)13-8-7-12(3)9-14(13)16/h12-14H,2,6-10H2,1,3-5H3. The Balaban J connectivity index is 2.63. The van der Waals surface area contributed by atoms with Crippen LogP contribution in [0.5, 0.6) is 0 Å². The molecular weight excluding hydrogens is 260 g/mol. The topological polar surface area (TPSA) is 0 Å². The van der Waals surface area contributed by atoms with E-state index >= 15 is 0 Å². The molecule has 0 radical (unpaired) electrons. The molecule has 0 heterocycles. The van der Waals surface area contributed by atoms with Gasteiger partial charge in [-0.1, -0.05) is 62.2 Å². The highest BCUT2D eigenvalue weighted by molar-refractivity contribution is 9.09. The maximum absolute atomic E-state index is 4.18. The van der Waals surface area contributed by atoms with Crippen LogP contribution in [0, 0.1) is 17.3 Å². The van der Waals surface area contributed by atoms with E-state index in [1.807, 2.05) is 0 Å². The highest BCUT2D eigenvalue weighted by Gasteiger charge is 2.37. The fourth-order valence-corrected chi connectivity index (χ4v) is 4.71. The molecule has 1 heteroatoms. The van der Waals surface area contributed by atoms with Crippen molar-refractivity contribution in [2.24, 2.45) is 17.3 Å². The Bertz CT molecular complexity index is 242. The third-order valence-electron chi connectivity index (χ3n) is 4.24. The molecule has 0 nitrogen and oxygen atoms in total. The van der Waals surface area contributed by atoms with Crippen molar-refractivity contribution in [3.8, 4) is 0 Å². The first kappa shape index (κ1) is 14.3. The van der Waals surface area contributed by atoms with Crippen LogP contribution in [0.15, 0.2) is 12.2 Å². The van der Waals surface area contributed by atoms with E-state index in [0.717, 1.165) is 18.3 Å². The molecule has 0 N–H and O–H groups in total. The Morgan fingerprint density at radius 3 is 2.50 bits per heavy atom. The van der Waals surface area contributed by atoms with Gasteiger partial charge in [0.25, 0.3) is 0 Å². The highest BCUT2D eigenvalue weighted by atomic mass is 79.9. The zero-order valence-corrected chi connectivity index (χ0v) is 12.9. The molecule has 1 fully saturated rings. The Morgan fingerprint density at radius 1 is 1.38 bits per heavy atom. The normalized spacial score (nSPS) is 31.4. The number of hydrogen-bond acceptors (Lipinski definition) is 0. The van der Waals surface area contributed by atoms with Crippen molar-refractivity contribution in [2.75, 3.05) is 0 Å². The van der Waals surface area contributed by atoms with Gasteiger partial charge in [-0.05, 0) is 42.9 Å². The molecule has 0 aliphatic heterocycles. The van der Waals surface area contributed by atoms with Crippen molar-refractivity contribution < 1.29 is 0 Å². The minimum absolute atomic E-state index is 0.404. The summed E-state index contributed by atoms with van der Waals surface area (Å²) in [6.07, 6.45) is 6.42. The van der Waals surface area contributed by atoms with Gasteiger partial charge in [0.15, 0.2) is 0 Å². The number of rotatable bonds is 4. The summed E-state index contributed by atoms with van der Waals surface area (Å²) in [6.45, 7) is 13.6. The minimum atomic E-state index is 0.404. The van der Waals surface area contributed by atoms with Gasteiger partial charge in [-0.15, -0.1) is 0 Å². The molecule has 0 amide bonds. The summed E-state index contributed by atoms with van der Waals surface area (Å²) in [5.74, 6) is 1.71. The molecule has 3 atom stereocenters. The van der Waals surface area contributed by atoms with Crippen molar-refractivity contribution in [1.29, 1.82) is 0 Å². The summed E-state index contributed by atoms with van der Waals surface area (Å²) in [4.78, 5) is 0.705. The van der Waals surface area contributed by atoms with Gasteiger partial charge >= 0.3 is 0 Å². The van der Waals surface area contributed by atoms with Crippen LogP contribution in [-0.2, 0) is 0 Å². The molecule has 0 aromatic carbocycles.